The molecule has 32 heavy (non-hydrogen) atoms. The Balaban J connectivity index is 1.80. The van der Waals surface area contributed by atoms with Gasteiger partial charge in [-0.2, -0.15) is 0 Å². The fourth-order valence-electron chi connectivity index (χ4n) is 3.66. The zero-order valence-corrected chi connectivity index (χ0v) is 19.0. The molecule has 12 heteroatoms. The Hall–Kier alpha value is -2.67. The number of nitrogens with two attached hydrogens (primary N) is 1. The maximum atomic E-state index is 13.7. The van der Waals surface area contributed by atoms with Gasteiger partial charge in [-0.25, -0.2) is 14.2 Å². The molecule has 2 aliphatic heterocycles. The molecule has 1 amide bonds. The minimum Gasteiger partial charge on any atom is -0.478 e. The van der Waals surface area contributed by atoms with Gasteiger partial charge in [-0.1, -0.05) is 22.0 Å². The van der Waals surface area contributed by atoms with Crippen molar-refractivity contribution in [3.8, 4) is 0 Å². The number of thiazole rings is 1. The number of carboxylic acid groups (broad SMARTS) is 1. The van der Waals surface area contributed by atoms with E-state index >= 15 is 0 Å². The molecule has 1 aromatic heterocycles. The highest BCUT2D eigenvalue weighted by molar-refractivity contribution is 9.10. The van der Waals surface area contributed by atoms with Crippen LogP contribution >= 0.6 is 27.3 Å². The van der Waals surface area contributed by atoms with E-state index in [2.05, 4.69) is 31.2 Å². The number of carboxylic acids is 1. The first-order chi connectivity index (χ1) is 15.3. The Morgan fingerprint density at radius 3 is 2.91 bits per heavy atom. The predicted molar refractivity (Wildman–Crippen MR) is 119 cm³/mol. The molecule has 9 nitrogen and oxygen atoms in total. The Kier molecular flexibility index (Phi) is 6.65. The molecule has 0 radical (unpaired) electrons. The van der Waals surface area contributed by atoms with Crippen LogP contribution in [0.4, 0.5) is 4.39 Å². The van der Waals surface area contributed by atoms with Gasteiger partial charge in [0.15, 0.2) is 10.8 Å². The third-order valence-corrected chi connectivity index (χ3v) is 6.64. The van der Waals surface area contributed by atoms with E-state index in [4.69, 9.17) is 10.5 Å². The number of primary amides is 1. The Morgan fingerprint density at radius 2 is 2.25 bits per heavy atom. The van der Waals surface area contributed by atoms with E-state index < -0.39 is 29.8 Å². The van der Waals surface area contributed by atoms with Crippen LogP contribution < -0.4 is 11.1 Å². The molecule has 2 atom stereocenters. The smallest absolute Gasteiger partial charge is 0.335 e. The average Bonchev–Trinajstić information content (AvgIpc) is 3.28. The van der Waals surface area contributed by atoms with Gasteiger partial charge in [0.1, 0.15) is 17.9 Å². The summed E-state index contributed by atoms with van der Waals surface area (Å²) in [6.07, 6.45) is 1.62. The number of rotatable bonds is 6. The van der Waals surface area contributed by atoms with Gasteiger partial charge in [0.2, 0.25) is 5.91 Å². The number of aliphatic imine (C=N–C) groups is 1. The number of nitrogens with one attached hydrogen (secondary N) is 1. The molecule has 4 N–H and O–H groups in total. The number of carbonyl (C=O) groups is 2. The van der Waals surface area contributed by atoms with Gasteiger partial charge >= 0.3 is 5.97 Å². The summed E-state index contributed by atoms with van der Waals surface area (Å²) in [4.78, 5) is 34.9. The van der Waals surface area contributed by atoms with Gasteiger partial charge in [-0.05, 0) is 17.7 Å². The molecular formula is C20H19BrFN5O4S. The van der Waals surface area contributed by atoms with Crippen molar-refractivity contribution in [1.29, 1.82) is 0 Å². The van der Waals surface area contributed by atoms with Gasteiger partial charge in [0.25, 0.3) is 0 Å². The second kappa shape index (κ2) is 9.45. The van der Waals surface area contributed by atoms with Gasteiger partial charge in [-0.15, -0.1) is 11.3 Å². The highest BCUT2D eigenvalue weighted by Crippen LogP contribution is 2.36. The van der Waals surface area contributed by atoms with Crippen molar-refractivity contribution in [2.45, 2.75) is 12.1 Å². The van der Waals surface area contributed by atoms with Crippen LogP contribution in [0.1, 0.15) is 16.6 Å². The molecule has 168 valence electrons. The molecule has 2 aromatic rings. The molecule has 1 aromatic carbocycles. The summed E-state index contributed by atoms with van der Waals surface area (Å²) < 4.78 is 19.5. The molecule has 0 bridgehead atoms. The second-order valence-corrected chi connectivity index (χ2v) is 8.92. The number of benzene rings is 1. The summed E-state index contributed by atoms with van der Waals surface area (Å²) in [5, 5.41) is 15.6. The molecule has 3 heterocycles. The number of carbonyl (C=O) groups excluding carboxylic acids is 1. The number of morpholine rings is 1. The van der Waals surface area contributed by atoms with Crippen LogP contribution in [0.3, 0.4) is 0 Å². The zero-order valence-electron chi connectivity index (χ0n) is 16.6. The number of hydrogen-bond acceptors (Lipinski definition) is 8. The Bertz CT molecular complexity index is 1110. The minimum atomic E-state index is -1.18. The van der Waals surface area contributed by atoms with Crippen LogP contribution in [0.2, 0.25) is 0 Å². The highest BCUT2D eigenvalue weighted by Gasteiger charge is 2.36. The number of nitrogens with zero attached hydrogens (tertiary/aromatic N) is 3. The lowest BCUT2D eigenvalue weighted by atomic mass is 9.95. The summed E-state index contributed by atoms with van der Waals surface area (Å²) in [6, 6.07) is 2.40. The minimum absolute atomic E-state index is 0.00711. The Labute approximate surface area is 194 Å². The number of hydrogen-bond donors (Lipinski definition) is 3. The number of aromatic nitrogens is 1. The normalized spacial score (nSPS) is 21.8. The standard InChI is InChI=1S/C20H19BrFN5O4S/c21-12-7-10(22)1-2-11(12)16-15(20(29)30)13(25-18(26-16)19-24-3-6-32-19)8-27-4-5-31-9-14(27)17(23)28/h1-3,6-7,14,16H,4-5,8-9H2,(H2,23,28)(H,25,26)(H,29,30). The average molecular weight is 524 g/mol. The van der Waals surface area contributed by atoms with Crippen molar-refractivity contribution >= 4 is 45.0 Å². The van der Waals surface area contributed by atoms with Gasteiger partial charge in [0, 0.05) is 34.8 Å². The predicted octanol–water partition coefficient (Wildman–Crippen LogP) is 1.66. The van der Waals surface area contributed by atoms with E-state index in [0.717, 1.165) is 0 Å². The topological polar surface area (TPSA) is 130 Å². The number of amides is 1. The molecular weight excluding hydrogens is 505 g/mol. The summed E-state index contributed by atoms with van der Waals surface area (Å²) >= 11 is 4.67. The summed E-state index contributed by atoms with van der Waals surface area (Å²) in [6.45, 7) is 1.03. The number of amidine groups is 1. The lowest BCUT2D eigenvalue weighted by Crippen LogP contribution is -2.54. The van der Waals surface area contributed by atoms with Crippen LogP contribution in [0.5, 0.6) is 0 Å². The highest BCUT2D eigenvalue weighted by atomic mass is 79.9. The van der Waals surface area contributed by atoms with Crippen molar-refractivity contribution in [2.24, 2.45) is 10.7 Å². The molecule has 1 fully saturated rings. The molecule has 0 saturated carbocycles. The van der Waals surface area contributed by atoms with E-state index in [9.17, 15) is 19.1 Å². The van der Waals surface area contributed by atoms with Crippen molar-refractivity contribution in [2.75, 3.05) is 26.3 Å². The molecule has 1 saturated heterocycles. The zero-order chi connectivity index (χ0) is 22.8. The third kappa shape index (κ3) is 4.58. The first-order valence-corrected chi connectivity index (χ1v) is 11.3. The molecule has 2 unspecified atom stereocenters. The van der Waals surface area contributed by atoms with Crippen LogP contribution in [0.15, 0.2) is 50.5 Å². The van der Waals surface area contributed by atoms with Crippen molar-refractivity contribution in [3.05, 3.63) is 61.9 Å². The maximum absolute atomic E-state index is 13.7. The van der Waals surface area contributed by atoms with Crippen LogP contribution in [0, 0.1) is 5.82 Å². The SMILES string of the molecule is NC(=O)C1COCCN1CC1=C(C(=O)O)C(c2ccc(F)cc2Br)N=C(c2nccs2)N1. The largest absolute Gasteiger partial charge is 0.478 e. The van der Waals surface area contributed by atoms with Crippen LogP contribution in [-0.4, -0.2) is 65.0 Å². The quantitative estimate of drug-likeness (QED) is 0.524. The molecule has 2 aliphatic rings. The summed E-state index contributed by atoms with van der Waals surface area (Å²) in [5.74, 6) is -1.80. The molecule has 0 aliphatic carbocycles. The lowest BCUT2D eigenvalue weighted by molar-refractivity contribution is -0.133. The fraction of sp³-hybridized carbons (Fsp3) is 0.300. The van der Waals surface area contributed by atoms with Crippen molar-refractivity contribution in [1.82, 2.24) is 15.2 Å². The third-order valence-electron chi connectivity index (χ3n) is 5.18. The van der Waals surface area contributed by atoms with Gasteiger partial charge in [-0.3, -0.25) is 14.7 Å². The number of aliphatic carboxylic acids is 1. The van der Waals surface area contributed by atoms with E-state index in [1.165, 1.54) is 29.5 Å². The summed E-state index contributed by atoms with van der Waals surface area (Å²) in [7, 11) is 0. The maximum Gasteiger partial charge on any atom is 0.335 e. The van der Waals surface area contributed by atoms with Crippen molar-refractivity contribution in [3.63, 3.8) is 0 Å². The lowest BCUT2D eigenvalue weighted by Gasteiger charge is -2.36. The van der Waals surface area contributed by atoms with E-state index in [1.54, 1.807) is 16.5 Å². The number of halogens is 2. The monoisotopic (exact) mass is 523 g/mol. The fourth-order valence-corrected chi connectivity index (χ4v) is 4.82. The van der Waals surface area contributed by atoms with E-state index in [-0.39, 0.29) is 18.7 Å². The van der Waals surface area contributed by atoms with E-state index in [1.807, 2.05) is 0 Å². The molecule has 4 rings (SSSR count). The number of ether oxygens (including phenoxy) is 1. The van der Waals surface area contributed by atoms with Crippen LogP contribution in [-0.2, 0) is 14.3 Å². The first-order valence-electron chi connectivity index (χ1n) is 9.62. The van der Waals surface area contributed by atoms with E-state index in [0.29, 0.717) is 39.7 Å². The second-order valence-electron chi connectivity index (χ2n) is 7.17. The summed E-state index contributed by atoms with van der Waals surface area (Å²) in [5.41, 5.74) is 6.36. The molecule has 0 spiro atoms. The first kappa shape index (κ1) is 22.5. The van der Waals surface area contributed by atoms with Gasteiger partial charge in [0.05, 0.1) is 18.8 Å². The van der Waals surface area contributed by atoms with Crippen LogP contribution in [0.25, 0.3) is 0 Å². The van der Waals surface area contributed by atoms with Crippen molar-refractivity contribution < 1.29 is 23.8 Å². The van der Waals surface area contributed by atoms with Gasteiger partial charge < -0.3 is 20.9 Å². The Morgan fingerprint density at radius 1 is 1.44 bits per heavy atom.